The summed E-state index contributed by atoms with van der Waals surface area (Å²) in [6.45, 7) is 3.55. The lowest BCUT2D eigenvalue weighted by atomic mass is 10.1. The van der Waals surface area contributed by atoms with Gasteiger partial charge in [0.25, 0.3) is 11.8 Å². The van der Waals surface area contributed by atoms with E-state index >= 15 is 0 Å². The van der Waals surface area contributed by atoms with E-state index in [0.29, 0.717) is 16.8 Å². The molecular weight excluding hydrogens is 390 g/mol. The van der Waals surface area contributed by atoms with Crippen molar-refractivity contribution >= 4 is 28.5 Å². The molecule has 2 aromatic heterocycles. The molecule has 0 radical (unpaired) electrons. The molecule has 0 atom stereocenters. The number of pyridine rings is 1. The van der Waals surface area contributed by atoms with Crippen molar-refractivity contribution < 1.29 is 18.4 Å². The van der Waals surface area contributed by atoms with Gasteiger partial charge in [-0.2, -0.15) is 5.10 Å². The SMILES string of the molecule is Cc1cccc(N2C(=O)c3cnc4c(c(C)nn4-c4ccc(F)c(F)c4)c3C2=O)c1. The van der Waals surface area contributed by atoms with Crippen molar-refractivity contribution in [1.82, 2.24) is 14.8 Å². The number of carbonyl (C=O) groups is 2. The van der Waals surface area contributed by atoms with Gasteiger partial charge in [-0.1, -0.05) is 12.1 Å². The summed E-state index contributed by atoms with van der Waals surface area (Å²) in [7, 11) is 0. The van der Waals surface area contributed by atoms with E-state index in [1.165, 1.54) is 16.9 Å². The standard InChI is InChI=1S/C22H14F2N4O2/c1-11-4-3-5-13(8-11)27-21(29)15-10-25-20-18(19(15)22(27)30)12(2)26-28(20)14-6-7-16(23)17(24)9-14/h3-10H,1-2H3. The molecule has 0 aliphatic carbocycles. The van der Waals surface area contributed by atoms with Crippen molar-refractivity contribution in [1.29, 1.82) is 0 Å². The highest BCUT2D eigenvalue weighted by Crippen LogP contribution is 2.34. The molecule has 6 nitrogen and oxygen atoms in total. The Kier molecular flexibility index (Phi) is 3.79. The van der Waals surface area contributed by atoms with Gasteiger partial charge < -0.3 is 0 Å². The first-order chi connectivity index (χ1) is 14.4. The van der Waals surface area contributed by atoms with Gasteiger partial charge in [-0.25, -0.2) is 23.3 Å². The summed E-state index contributed by atoms with van der Waals surface area (Å²) < 4.78 is 28.4. The summed E-state index contributed by atoms with van der Waals surface area (Å²) in [6.07, 6.45) is 1.32. The molecule has 0 fully saturated rings. The number of amides is 2. The molecule has 0 saturated carbocycles. The fraction of sp³-hybridized carbons (Fsp3) is 0.0909. The number of carbonyl (C=O) groups excluding carboxylic acids is 2. The molecule has 0 spiro atoms. The summed E-state index contributed by atoms with van der Waals surface area (Å²) >= 11 is 0. The van der Waals surface area contributed by atoms with Crippen LogP contribution in [0.4, 0.5) is 14.5 Å². The number of aromatic nitrogens is 3. The number of benzene rings is 2. The minimum atomic E-state index is -1.02. The van der Waals surface area contributed by atoms with E-state index in [0.717, 1.165) is 22.6 Å². The predicted molar refractivity (Wildman–Crippen MR) is 106 cm³/mol. The van der Waals surface area contributed by atoms with E-state index in [9.17, 15) is 18.4 Å². The fourth-order valence-electron chi connectivity index (χ4n) is 3.76. The second kappa shape index (κ2) is 6.28. The van der Waals surface area contributed by atoms with Gasteiger partial charge in [0.15, 0.2) is 17.3 Å². The Morgan fingerprint density at radius 3 is 2.43 bits per heavy atom. The number of nitrogens with zero attached hydrogens (tertiary/aromatic N) is 4. The molecule has 148 valence electrons. The Morgan fingerprint density at radius 1 is 0.900 bits per heavy atom. The number of anilines is 1. The van der Waals surface area contributed by atoms with E-state index in [2.05, 4.69) is 10.1 Å². The molecule has 0 bridgehead atoms. The smallest absolute Gasteiger partial charge is 0.267 e. The van der Waals surface area contributed by atoms with Gasteiger partial charge in [-0.3, -0.25) is 9.59 Å². The van der Waals surface area contributed by atoms with Crippen LogP contribution in [0.15, 0.2) is 48.7 Å². The zero-order chi connectivity index (χ0) is 21.2. The largest absolute Gasteiger partial charge is 0.268 e. The van der Waals surface area contributed by atoms with E-state index in [-0.39, 0.29) is 22.5 Å². The highest BCUT2D eigenvalue weighted by Gasteiger charge is 2.40. The lowest BCUT2D eigenvalue weighted by Gasteiger charge is -2.14. The number of aryl methyl sites for hydroxylation is 2. The second-order valence-corrected chi connectivity index (χ2v) is 7.13. The molecular formula is C22H14F2N4O2. The number of halogens is 2. The van der Waals surface area contributed by atoms with Crippen LogP contribution in [0, 0.1) is 25.5 Å². The molecule has 2 aromatic carbocycles. The Balaban J connectivity index is 1.72. The number of imide groups is 1. The highest BCUT2D eigenvalue weighted by atomic mass is 19.2. The van der Waals surface area contributed by atoms with E-state index in [1.807, 2.05) is 13.0 Å². The topological polar surface area (TPSA) is 68.1 Å². The molecule has 2 amide bonds. The van der Waals surface area contributed by atoms with E-state index in [1.54, 1.807) is 25.1 Å². The first-order valence-corrected chi connectivity index (χ1v) is 9.16. The molecule has 8 heteroatoms. The van der Waals surface area contributed by atoms with Crippen LogP contribution in [-0.4, -0.2) is 26.6 Å². The van der Waals surface area contributed by atoms with Crippen LogP contribution in [0.2, 0.25) is 0 Å². The summed E-state index contributed by atoms with van der Waals surface area (Å²) in [5, 5.41) is 4.77. The highest BCUT2D eigenvalue weighted by molar-refractivity contribution is 6.37. The molecule has 4 aromatic rings. The van der Waals surface area contributed by atoms with Crippen LogP contribution < -0.4 is 4.90 Å². The number of hydrogen-bond acceptors (Lipinski definition) is 4. The first-order valence-electron chi connectivity index (χ1n) is 9.16. The Labute approximate surface area is 169 Å². The lowest BCUT2D eigenvalue weighted by molar-refractivity contribution is 0.0926. The fourth-order valence-corrected chi connectivity index (χ4v) is 3.76. The number of fused-ring (bicyclic) bond motifs is 3. The van der Waals surface area contributed by atoms with Crippen molar-refractivity contribution in [2.45, 2.75) is 13.8 Å². The molecule has 1 aliphatic heterocycles. The van der Waals surface area contributed by atoms with Crippen LogP contribution in [0.5, 0.6) is 0 Å². The first kappa shape index (κ1) is 18.1. The normalized spacial score (nSPS) is 13.4. The maximum atomic E-state index is 13.7. The van der Waals surface area contributed by atoms with Crippen molar-refractivity contribution in [2.75, 3.05) is 4.90 Å². The molecule has 5 rings (SSSR count). The number of hydrogen-bond donors (Lipinski definition) is 0. The Morgan fingerprint density at radius 2 is 1.70 bits per heavy atom. The van der Waals surface area contributed by atoms with Gasteiger partial charge in [0.1, 0.15) is 0 Å². The molecule has 1 aliphatic rings. The molecule has 0 N–H and O–H groups in total. The van der Waals surface area contributed by atoms with Crippen molar-refractivity contribution in [2.24, 2.45) is 0 Å². The Hall–Kier alpha value is -3.94. The molecule has 3 heterocycles. The van der Waals surface area contributed by atoms with Gasteiger partial charge in [-0.15, -0.1) is 0 Å². The van der Waals surface area contributed by atoms with Crippen molar-refractivity contribution in [3.63, 3.8) is 0 Å². The second-order valence-electron chi connectivity index (χ2n) is 7.13. The average molecular weight is 404 g/mol. The minimum Gasteiger partial charge on any atom is -0.268 e. The van der Waals surface area contributed by atoms with Gasteiger partial charge in [0, 0.05) is 12.3 Å². The van der Waals surface area contributed by atoms with E-state index in [4.69, 9.17) is 0 Å². The average Bonchev–Trinajstić information content (AvgIpc) is 3.18. The van der Waals surface area contributed by atoms with Crippen LogP contribution in [-0.2, 0) is 0 Å². The monoisotopic (exact) mass is 404 g/mol. The third-order valence-corrected chi connectivity index (χ3v) is 5.13. The third kappa shape index (κ3) is 2.46. The van der Waals surface area contributed by atoms with Gasteiger partial charge in [-0.05, 0) is 43.7 Å². The van der Waals surface area contributed by atoms with Crippen molar-refractivity contribution in [3.05, 3.63) is 82.7 Å². The minimum absolute atomic E-state index is 0.182. The third-order valence-electron chi connectivity index (χ3n) is 5.13. The number of rotatable bonds is 2. The Bertz CT molecular complexity index is 1390. The van der Waals surface area contributed by atoms with Crippen LogP contribution in [0.1, 0.15) is 32.0 Å². The summed E-state index contributed by atoms with van der Waals surface area (Å²) in [6, 6.07) is 10.5. The molecule has 0 unspecified atom stereocenters. The van der Waals surface area contributed by atoms with Crippen LogP contribution in [0.3, 0.4) is 0 Å². The lowest BCUT2D eigenvalue weighted by Crippen LogP contribution is -2.29. The predicted octanol–water partition coefficient (Wildman–Crippen LogP) is 4.12. The zero-order valence-electron chi connectivity index (χ0n) is 16.0. The molecule has 30 heavy (non-hydrogen) atoms. The summed E-state index contributed by atoms with van der Waals surface area (Å²) in [5.41, 5.74) is 2.76. The van der Waals surface area contributed by atoms with Gasteiger partial charge in [0.05, 0.1) is 33.6 Å². The van der Waals surface area contributed by atoms with E-state index < -0.39 is 23.4 Å². The van der Waals surface area contributed by atoms with Crippen LogP contribution in [0.25, 0.3) is 16.7 Å². The van der Waals surface area contributed by atoms with Crippen LogP contribution >= 0.6 is 0 Å². The molecule has 0 saturated heterocycles. The maximum absolute atomic E-state index is 13.7. The van der Waals surface area contributed by atoms with Crippen molar-refractivity contribution in [3.8, 4) is 5.69 Å². The van der Waals surface area contributed by atoms with Gasteiger partial charge >= 0.3 is 0 Å². The zero-order valence-corrected chi connectivity index (χ0v) is 16.0. The van der Waals surface area contributed by atoms with Gasteiger partial charge in [0.2, 0.25) is 0 Å². The summed E-state index contributed by atoms with van der Waals surface area (Å²) in [5.74, 6) is -2.93. The quantitative estimate of drug-likeness (QED) is 0.472. The maximum Gasteiger partial charge on any atom is 0.267 e. The summed E-state index contributed by atoms with van der Waals surface area (Å²) in [4.78, 5) is 31.7.